The Labute approximate surface area is 246 Å². The van der Waals surface area contributed by atoms with Gasteiger partial charge in [-0.25, -0.2) is 15.0 Å². The summed E-state index contributed by atoms with van der Waals surface area (Å²) in [5.74, 6) is 1.83. The first kappa shape index (κ1) is 23.8. The Hall–Kier alpha value is -5.87. The molecule has 0 aliphatic heterocycles. The molecule has 0 aliphatic carbocycles. The van der Waals surface area contributed by atoms with Crippen molar-refractivity contribution in [3.8, 4) is 34.2 Å². The third-order valence-corrected chi connectivity index (χ3v) is 8.28. The first-order chi connectivity index (χ1) is 21.3. The molecular weight excluding hydrogens is 526 g/mol. The molecule has 4 heteroatoms. The van der Waals surface area contributed by atoms with E-state index in [-0.39, 0.29) is 0 Å². The van der Waals surface area contributed by atoms with Crippen LogP contribution in [0.3, 0.4) is 0 Å². The fourth-order valence-electron chi connectivity index (χ4n) is 6.15. The zero-order valence-electron chi connectivity index (χ0n) is 23.0. The van der Waals surface area contributed by atoms with Gasteiger partial charge in [0.2, 0.25) is 0 Å². The van der Waals surface area contributed by atoms with Crippen molar-refractivity contribution < 1.29 is 4.42 Å². The molecule has 7 aromatic carbocycles. The van der Waals surface area contributed by atoms with Gasteiger partial charge in [0.05, 0.1) is 5.56 Å². The fraction of sp³-hybridized carbons (Fsp3) is 0. The molecule has 0 atom stereocenters. The van der Waals surface area contributed by atoms with Crippen molar-refractivity contribution in [1.29, 1.82) is 0 Å². The average Bonchev–Trinajstić information content (AvgIpc) is 3.44. The van der Waals surface area contributed by atoms with E-state index in [1.54, 1.807) is 0 Å². The van der Waals surface area contributed by atoms with Crippen LogP contribution in [-0.4, -0.2) is 15.0 Å². The molecule has 0 unspecified atom stereocenters. The van der Waals surface area contributed by atoms with Gasteiger partial charge in [-0.15, -0.1) is 0 Å². The lowest BCUT2D eigenvalue weighted by Crippen LogP contribution is -2.00. The smallest absolute Gasteiger partial charge is 0.167 e. The maximum Gasteiger partial charge on any atom is 0.167 e. The van der Waals surface area contributed by atoms with Gasteiger partial charge in [-0.1, -0.05) is 115 Å². The number of nitrogens with zero attached hydrogens (tertiary/aromatic N) is 3. The van der Waals surface area contributed by atoms with Gasteiger partial charge in [0.1, 0.15) is 11.2 Å². The highest BCUT2D eigenvalue weighted by atomic mass is 16.3. The van der Waals surface area contributed by atoms with E-state index in [0.29, 0.717) is 17.5 Å². The molecule has 0 aliphatic rings. The molecule has 2 aromatic heterocycles. The van der Waals surface area contributed by atoms with Crippen LogP contribution in [0.25, 0.3) is 88.4 Å². The Morgan fingerprint density at radius 3 is 1.88 bits per heavy atom. The van der Waals surface area contributed by atoms with Crippen LogP contribution in [-0.2, 0) is 0 Å². The van der Waals surface area contributed by atoms with Gasteiger partial charge >= 0.3 is 0 Å². The van der Waals surface area contributed by atoms with Gasteiger partial charge in [0.15, 0.2) is 17.5 Å². The summed E-state index contributed by atoms with van der Waals surface area (Å²) in [7, 11) is 0. The van der Waals surface area contributed by atoms with Crippen molar-refractivity contribution in [3.05, 3.63) is 140 Å². The Morgan fingerprint density at radius 2 is 1.02 bits per heavy atom. The first-order valence-electron chi connectivity index (χ1n) is 14.4. The standard InChI is InChI=1S/C39H23N3O/c1-2-10-25(11-3-1)37-40-38(29-19-20-31-28(21-29)18-17-24-9-6-7-14-30(24)31)42-39(41-37)33-16-8-15-32-34-22-26-12-4-5-13-27(26)23-35(34)43-36(32)33/h1-23H. The van der Waals surface area contributed by atoms with Crippen LogP contribution in [0.2, 0.25) is 0 Å². The second-order valence-corrected chi connectivity index (χ2v) is 10.9. The maximum atomic E-state index is 6.54. The highest BCUT2D eigenvalue weighted by molar-refractivity contribution is 6.13. The van der Waals surface area contributed by atoms with E-state index >= 15 is 0 Å². The molecule has 2 heterocycles. The van der Waals surface area contributed by atoms with Crippen molar-refractivity contribution in [1.82, 2.24) is 15.0 Å². The van der Waals surface area contributed by atoms with Crippen LogP contribution in [0.1, 0.15) is 0 Å². The summed E-state index contributed by atoms with van der Waals surface area (Å²) in [6.07, 6.45) is 0. The van der Waals surface area contributed by atoms with E-state index in [4.69, 9.17) is 19.4 Å². The molecule has 0 saturated heterocycles. The summed E-state index contributed by atoms with van der Waals surface area (Å²) in [6.45, 7) is 0. The van der Waals surface area contributed by atoms with Crippen molar-refractivity contribution in [2.75, 3.05) is 0 Å². The predicted molar refractivity (Wildman–Crippen MR) is 176 cm³/mol. The summed E-state index contributed by atoms with van der Waals surface area (Å²) in [5.41, 5.74) is 4.33. The number of rotatable bonds is 3. The zero-order chi connectivity index (χ0) is 28.3. The van der Waals surface area contributed by atoms with E-state index in [0.717, 1.165) is 49.4 Å². The summed E-state index contributed by atoms with van der Waals surface area (Å²) in [4.78, 5) is 15.0. The molecule has 0 saturated carbocycles. The van der Waals surface area contributed by atoms with Gasteiger partial charge in [-0.2, -0.15) is 0 Å². The third-order valence-electron chi connectivity index (χ3n) is 8.28. The molecule has 200 valence electrons. The van der Waals surface area contributed by atoms with Crippen molar-refractivity contribution >= 4 is 54.3 Å². The average molecular weight is 550 g/mol. The SMILES string of the molecule is c1ccc(-c2nc(-c3ccc4c(ccc5ccccc54)c3)nc(-c3cccc4c3oc3cc5ccccc5cc34)n2)cc1. The van der Waals surface area contributed by atoms with Crippen LogP contribution in [0, 0.1) is 0 Å². The number of benzene rings is 7. The molecular formula is C39H23N3O. The molecule has 4 nitrogen and oxygen atoms in total. The lowest BCUT2D eigenvalue weighted by Gasteiger charge is -2.10. The van der Waals surface area contributed by atoms with E-state index in [2.05, 4.69) is 103 Å². The molecule has 9 aromatic rings. The highest BCUT2D eigenvalue weighted by Crippen LogP contribution is 2.38. The van der Waals surface area contributed by atoms with Gasteiger partial charge in [0, 0.05) is 21.9 Å². The molecule has 0 amide bonds. The zero-order valence-corrected chi connectivity index (χ0v) is 23.0. The number of hydrogen-bond donors (Lipinski definition) is 0. The Kier molecular flexibility index (Phi) is 5.16. The van der Waals surface area contributed by atoms with Crippen molar-refractivity contribution in [3.63, 3.8) is 0 Å². The first-order valence-corrected chi connectivity index (χ1v) is 14.4. The molecule has 43 heavy (non-hydrogen) atoms. The number of aromatic nitrogens is 3. The van der Waals surface area contributed by atoms with Crippen LogP contribution in [0.5, 0.6) is 0 Å². The monoisotopic (exact) mass is 549 g/mol. The molecule has 0 bridgehead atoms. The third kappa shape index (κ3) is 3.88. The number of para-hydroxylation sites is 1. The summed E-state index contributed by atoms with van der Waals surface area (Å²) >= 11 is 0. The number of hydrogen-bond acceptors (Lipinski definition) is 4. The van der Waals surface area contributed by atoms with Crippen LogP contribution in [0.15, 0.2) is 144 Å². The predicted octanol–water partition coefficient (Wildman–Crippen LogP) is 10.2. The van der Waals surface area contributed by atoms with Gasteiger partial charge in [-0.05, 0) is 56.6 Å². The summed E-state index contributed by atoms with van der Waals surface area (Å²) < 4.78 is 6.54. The van der Waals surface area contributed by atoms with Crippen LogP contribution in [0.4, 0.5) is 0 Å². The molecule has 0 spiro atoms. The Bertz CT molecular complexity index is 2510. The maximum absolute atomic E-state index is 6.54. The van der Waals surface area contributed by atoms with Gasteiger partial charge < -0.3 is 4.42 Å². The minimum absolute atomic E-state index is 0.580. The molecule has 9 rings (SSSR count). The van der Waals surface area contributed by atoms with E-state index < -0.39 is 0 Å². The van der Waals surface area contributed by atoms with Crippen molar-refractivity contribution in [2.45, 2.75) is 0 Å². The Morgan fingerprint density at radius 1 is 0.372 bits per heavy atom. The van der Waals surface area contributed by atoms with Gasteiger partial charge in [0.25, 0.3) is 0 Å². The van der Waals surface area contributed by atoms with E-state index in [1.807, 2.05) is 36.4 Å². The van der Waals surface area contributed by atoms with Crippen LogP contribution >= 0.6 is 0 Å². The second-order valence-electron chi connectivity index (χ2n) is 10.9. The van der Waals surface area contributed by atoms with Crippen molar-refractivity contribution in [2.24, 2.45) is 0 Å². The topological polar surface area (TPSA) is 51.8 Å². The minimum atomic E-state index is 0.580. The van der Waals surface area contributed by atoms with Gasteiger partial charge in [-0.3, -0.25) is 0 Å². The Balaban J connectivity index is 1.28. The van der Waals surface area contributed by atoms with E-state index in [1.165, 1.54) is 21.5 Å². The van der Waals surface area contributed by atoms with E-state index in [9.17, 15) is 0 Å². The number of fused-ring (bicyclic) bond motifs is 7. The molecule has 0 radical (unpaired) electrons. The molecule has 0 N–H and O–H groups in total. The normalized spacial score (nSPS) is 11.7. The fourth-order valence-corrected chi connectivity index (χ4v) is 6.15. The lowest BCUT2D eigenvalue weighted by molar-refractivity contribution is 0.670. The summed E-state index contributed by atoms with van der Waals surface area (Å²) in [5, 5.41) is 9.26. The second kappa shape index (κ2) is 9.33. The number of furan rings is 1. The van der Waals surface area contributed by atoms with Crippen LogP contribution < -0.4 is 0 Å². The lowest BCUT2D eigenvalue weighted by atomic mass is 10.00. The highest BCUT2D eigenvalue weighted by Gasteiger charge is 2.18. The largest absolute Gasteiger partial charge is 0.455 e. The summed E-state index contributed by atoms with van der Waals surface area (Å²) in [6, 6.07) is 48.2. The quantitative estimate of drug-likeness (QED) is 0.206. The molecule has 0 fully saturated rings. The minimum Gasteiger partial charge on any atom is -0.455 e.